The topological polar surface area (TPSA) is 46.5 Å². The van der Waals surface area contributed by atoms with Crippen LogP contribution in [0.5, 0.6) is 0 Å². The lowest BCUT2D eigenvalue weighted by Crippen LogP contribution is -2.38. The van der Waals surface area contributed by atoms with Crippen molar-refractivity contribution >= 4 is 5.97 Å². The standard InChI is InChI=1S/C15H24O3/c1-6-15(17)11-13(3,4)10-14(15,5)9-8-12(16)18-7-2/h6,8-9,17H,1,7,10-11H2,2-5H3/b9-8+/t14-,15-/m0/s1. The minimum Gasteiger partial charge on any atom is -0.463 e. The fourth-order valence-electron chi connectivity index (χ4n) is 3.09. The molecule has 1 aliphatic rings. The maximum Gasteiger partial charge on any atom is 0.330 e. The number of hydrogen-bond donors (Lipinski definition) is 1. The van der Waals surface area contributed by atoms with Gasteiger partial charge >= 0.3 is 5.97 Å². The molecule has 1 N–H and O–H groups in total. The Balaban J connectivity index is 2.96. The van der Waals surface area contributed by atoms with Crippen LogP contribution in [0.2, 0.25) is 0 Å². The molecule has 1 aliphatic carbocycles. The first-order valence-electron chi connectivity index (χ1n) is 6.40. The van der Waals surface area contributed by atoms with E-state index < -0.39 is 11.0 Å². The summed E-state index contributed by atoms with van der Waals surface area (Å²) in [5, 5.41) is 10.7. The maximum atomic E-state index is 11.4. The lowest BCUT2D eigenvalue weighted by atomic mass is 9.75. The van der Waals surface area contributed by atoms with Crippen LogP contribution in [-0.2, 0) is 9.53 Å². The van der Waals surface area contributed by atoms with Gasteiger partial charge < -0.3 is 9.84 Å². The van der Waals surface area contributed by atoms with Gasteiger partial charge in [0.15, 0.2) is 0 Å². The minimum absolute atomic E-state index is 0.0245. The molecule has 0 aliphatic heterocycles. The fourth-order valence-corrected chi connectivity index (χ4v) is 3.09. The van der Waals surface area contributed by atoms with Crippen LogP contribution in [0.3, 0.4) is 0 Å². The van der Waals surface area contributed by atoms with Crippen LogP contribution in [0.25, 0.3) is 0 Å². The van der Waals surface area contributed by atoms with Crippen molar-refractivity contribution in [3.05, 3.63) is 24.8 Å². The highest BCUT2D eigenvalue weighted by Crippen LogP contribution is 2.56. The van der Waals surface area contributed by atoms with Crippen molar-refractivity contribution in [1.82, 2.24) is 0 Å². The van der Waals surface area contributed by atoms with E-state index in [9.17, 15) is 9.90 Å². The number of hydrogen-bond acceptors (Lipinski definition) is 3. The van der Waals surface area contributed by atoms with Crippen molar-refractivity contribution < 1.29 is 14.6 Å². The fraction of sp³-hybridized carbons (Fsp3) is 0.667. The average molecular weight is 252 g/mol. The molecule has 18 heavy (non-hydrogen) atoms. The van der Waals surface area contributed by atoms with E-state index in [2.05, 4.69) is 20.4 Å². The van der Waals surface area contributed by atoms with Gasteiger partial charge in [-0.15, -0.1) is 6.58 Å². The molecule has 0 aromatic rings. The minimum atomic E-state index is -0.973. The number of aliphatic hydroxyl groups is 1. The normalized spacial score (nSPS) is 34.7. The summed E-state index contributed by atoms with van der Waals surface area (Å²) in [6.07, 6.45) is 6.23. The van der Waals surface area contributed by atoms with Gasteiger partial charge in [0.25, 0.3) is 0 Å². The van der Waals surface area contributed by atoms with E-state index in [-0.39, 0.29) is 11.4 Å². The van der Waals surface area contributed by atoms with Crippen LogP contribution in [0.4, 0.5) is 0 Å². The van der Waals surface area contributed by atoms with Gasteiger partial charge in [-0.25, -0.2) is 4.79 Å². The molecule has 1 rings (SSSR count). The molecule has 0 aromatic carbocycles. The lowest BCUT2D eigenvalue weighted by molar-refractivity contribution is -0.137. The van der Waals surface area contributed by atoms with Gasteiger partial charge in [0, 0.05) is 11.5 Å². The Bertz CT molecular complexity index is 370. The molecule has 0 spiro atoms. The van der Waals surface area contributed by atoms with Crippen molar-refractivity contribution in [2.75, 3.05) is 6.61 Å². The Morgan fingerprint density at radius 2 is 2.00 bits per heavy atom. The summed E-state index contributed by atoms with van der Waals surface area (Å²) < 4.78 is 4.87. The zero-order valence-electron chi connectivity index (χ0n) is 11.8. The van der Waals surface area contributed by atoms with Crippen LogP contribution in [0, 0.1) is 10.8 Å². The van der Waals surface area contributed by atoms with Crippen molar-refractivity contribution in [3.8, 4) is 0 Å². The highest BCUT2D eigenvalue weighted by Gasteiger charge is 2.54. The van der Waals surface area contributed by atoms with Crippen LogP contribution in [-0.4, -0.2) is 23.3 Å². The van der Waals surface area contributed by atoms with Crippen LogP contribution in [0.15, 0.2) is 24.8 Å². The van der Waals surface area contributed by atoms with E-state index in [1.807, 2.05) is 6.92 Å². The second-order valence-corrected chi connectivity index (χ2v) is 6.15. The summed E-state index contributed by atoms with van der Waals surface area (Å²) in [6.45, 7) is 12.1. The predicted molar refractivity (Wildman–Crippen MR) is 72.0 cm³/mol. The van der Waals surface area contributed by atoms with Gasteiger partial charge in [-0.05, 0) is 25.2 Å². The number of carbonyl (C=O) groups excluding carboxylic acids is 1. The van der Waals surface area contributed by atoms with E-state index in [0.29, 0.717) is 13.0 Å². The summed E-state index contributed by atoms with van der Waals surface area (Å²) in [6, 6.07) is 0. The molecule has 0 unspecified atom stereocenters. The monoisotopic (exact) mass is 252 g/mol. The Morgan fingerprint density at radius 1 is 1.39 bits per heavy atom. The molecular formula is C15H24O3. The summed E-state index contributed by atoms with van der Waals surface area (Å²) in [4.78, 5) is 11.4. The summed E-state index contributed by atoms with van der Waals surface area (Å²) in [7, 11) is 0. The Kier molecular flexibility index (Phi) is 4.06. The molecule has 102 valence electrons. The van der Waals surface area contributed by atoms with Crippen LogP contribution >= 0.6 is 0 Å². The van der Waals surface area contributed by atoms with Gasteiger partial charge in [-0.2, -0.15) is 0 Å². The number of carbonyl (C=O) groups is 1. The number of rotatable bonds is 4. The number of ether oxygens (including phenoxy) is 1. The van der Waals surface area contributed by atoms with Gasteiger partial charge in [-0.3, -0.25) is 0 Å². The van der Waals surface area contributed by atoms with Crippen LogP contribution < -0.4 is 0 Å². The molecule has 3 nitrogen and oxygen atoms in total. The Hall–Kier alpha value is -1.09. The summed E-state index contributed by atoms with van der Waals surface area (Å²) in [5.74, 6) is -0.366. The van der Waals surface area contributed by atoms with E-state index in [4.69, 9.17) is 4.74 Å². The molecule has 0 amide bonds. The molecule has 0 bridgehead atoms. The highest BCUT2D eigenvalue weighted by atomic mass is 16.5. The van der Waals surface area contributed by atoms with Crippen molar-refractivity contribution in [2.24, 2.45) is 10.8 Å². The Labute approximate surface area is 110 Å². The van der Waals surface area contributed by atoms with Crippen molar-refractivity contribution in [3.63, 3.8) is 0 Å². The third kappa shape index (κ3) is 2.83. The molecule has 0 heterocycles. The largest absolute Gasteiger partial charge is 0.463 e. The van der Waals surface area contributed by atoms with E-state index in [1.165, 1.54) is 6.08 Å². The third-order valence-electron chi connectivity index (χ3n) is 3.79. The van der Waals surface area contributed by atoms with Crippen molar-refractivity contribution in [1.29, 1.82) is 0 Å². The molecule has 2 atom stereocenters. The molecule has 1 fully saturated rings. The van der Waals surface area contributed by atoms with Gasteiger partial charge in [-0.1, -0.05) is 32.9 Å². The third-order valence-corrected chi connectivity index (χ3v) is 3.79. The molecule has 0 saturated heterocycles. The van der Waals surface area contributed by atoms with E-state index >= 15 is 0 Å². The van der Waals surface area contributed by atoms with E-state index in [0.717, 1.165) is 6.42 Å². The summed E-state index contributed by atoms with van der Waals surface area (Å²) >= 11 is 0. The Morgan fingerprint density at radius 3 is 2.50 bits per heavy atom. The second kappa shape index (κ2) is 4.88. The maximum absolute atomic E-state index is 11.4. The SMILES string of the molecule is C=C[C@]1(O)CC(C)(C)C[C@]1(C)/C=C/C(=O)OCC. The second-order valence-electron chi connectivity index (χ2n) is 6.15. The van der Waals surface area contributed by atoms with Gasteiger partial charge in [0.2, 0.25) is 0 Å². The lowest BCUT2D eigenvalue weighted by Gasteiger charge is -2.34. The van der Waals surface area contributed by atoms with E-state index in [1.54, 1.807) is 19.1 Å². The molecule has 0 radical (unpaired) electrons. The average Bonchev–Trinajstić information content (AvgIpc) is 2.43. The molecular weight excluding hydrogens is 228 g/mol. The first kappa shape index (κ1) is 15.0. The van der Waals surface area contributed by atoms with Crippen molar-refractivity contribution in [2.45, 2.75) is 46.1 Å². The number of esters is 1. The van der Waals surface area contributed by atoms with Gasteiger partial charge in [0.1, 0.15) is 0 Å². The first-order valence-corrected chi connectivity index (χ1v) is 6.40. The summed E-state index contributed by atoms with van der Waals surface area (Å²) in [5.41, 5.74) is -1.43. The smallest absolute Gasteiger partial charge is 0.330 e. The van der Waals surface area contributed by atoms with Crippen LogP contribution in [0.1, 0.15) is 40.5 Å². The molecule has 1 saturated carbocycles. The first-order chi connectivity index (χ1) is 8.18. The predicted octanol–water partition coefficient (Wildman–Crippen LogP) is 2.85. The highest BCUT2D eigenvalue weighted by molar-refractivity contribution is 5.82. The quantitative estimate of drug-likeness (QED) is 0.475. The van der Waals surface area contributed by atoms with Gasteiger partial charge in [0.05, 0.1) is 12.2 Å². The molecule has 3 heteroatoms. The zero-order chi connectivity index (χ0) is 14.0. The zero-order valence-corrected chi connectivity index (χ0v) is 11.8. The molecule has 0 aromatic heterocycles.